The third-order valence-corrected chi connectivity index (χ3v) is 11.9. The average Bonchev–Trinajstić information content (AvgIpc) is 3.49. The van der Waals surface area contributed by atoms with Crippen LogP contribution < -0.4 is 0 Å². The van der Waals surface area contributed by atoms with Crippen LogP contribution in [0.1, 0.15) is 0 Å². The summed E-state index contributed by atoms with van der Waals surface area (Å²) in [5, 5.41) is 7.17. The molecule has 0 amide bonds. The van der Waals surface area contributed by atoms with E-state index in [1.807, 2.05) is 68.0 Å². The Kier molecular flexibility index (Phi) is 3.48. The highest BCUT2D eigenvalue weighted by Gasteiger charge is 2.16. The van der Waals surface area contributed by atoms with Crippen molar-refractivity contribution in [2.75, 3.05) is 0 Å². The summed E-state index contributed by atoms with van der Waals surface area (Å²) in [6, 6.07) is 18.3. The highest BCUT2D eigenvalue weighted by Crippen LogP contribution is 2.49. The second kappa shape index (κ2) is 5.98. The fourth-order valence-corrected chi connectivity index (χ4v) is 10.5. The second-order valence-electron chi connectivity index (χ2n) is 6.61. The van der Waals surface area contributed by atoms with Crippen molar-refractivity contribution in [1.29, 1.82) is 0 Å². The SMILES string of the molecule is c1csc(-c2cc3sc4cc5sc6cc(-c7cccs7)sc6c5cc4c3s2)c1. The van der Waals surface area contributed by atoms with E-state index in [2.05, 4.69) is 59.3 Å². The lowest BCUT2D eigenvalue weighted by Crippen LogP contribution is -1.65. The van der Waals surface area contributed by atoms with Crippen LogP contribution in [0.25, 0.3) is 58.5 Å². The topological polar surface area (TPSA) is 0 Å². The first kappa shape index (κ1) is 16.3. The third-order valence-electron chi connectivity index (χ3n) is 4.93. The summed E-state index contributed by atoms with van der Waals surface area (Å²) in [6.07, 6.45) is 0. The molecule has 7 aromatic rings. The molecule has 0 fully saturated rings. The molecule has 6 aromatic heterocycles. The molecule has 0 spiro atoms. The van der Waals surface area contributed by atoms with Crippen LogP contribution in [-0.2, 0) is 0 Å². The molecular weight excluding hydrogens is 457 g/mol. The van der Waals surface area contributed by atoms with E-state index in [4.69, 9.17) is 0 Å². The van der Waals surface area contributed by atoms with Crippen molar-refractivity contribution in [1.82, 2.24) is 0 Å². The Balaban J connectivity index is 1.49. The second-order valence-corrected chi connectivity index (χ2v) is 12.8. The zero-order chi connectivity index (χ0) is 18.2. The molecule has 0 nitrogen and oxygen atoms in total. The van der Waals surface area contributed by atoms with Crippen molar-refractivity contribution in [3.8, 4) is 19.5 Å². The molecule has 28 heavy (non-hydrogen) atoms. The summed E-state index contributed by atoms with van der Waals surface area (Å²) in [5.41, 5.74) is 0. The maximum absolute atomic E-state index is 2.45. The van der Waals surface area contributed by atoms with Crippen molar-refractivity contribution in [2.24, 2.45) is 0 Å². The van der Waals surface area contributed by atoms with E-state index in [1.165, 1.54) is 58.5 Å². The molecule has 0 atom stereocenters. The van der Waals surface area contributed by atoms with Crippen LogP contribution in [0.4, 0.5) is 0 Å². The van der Waals surface area contributed by atoms with Gasteiger partial charge >= 0.3 is 0 Å². The van der Waals surface area contributed by atoms with Gasteiger partial charge in [-0.1, -0.05) is 12.1 Å². The maximum Gasteiger partial charge on any atom is 0.0536 e. The van der Waals surface area contributed by atoms with E-state index in [0.717, 1.165) is 0 Å². The molecule has 0 unspecified atom stereocenters. The fraction of sp³-hybridized carbons (Fsp3) is 0. The molecule has 0 bridgehead atoms. The average molecular weight is 467 g/mol. The van der Waals surface area contributed by atoms with Gasteiger partial charge in [0.15, 0.2) is 0 Å². The van der Waals surface area contributed by atoms with Crippen molar-refractivity contribution in [2.45, 2.75) is 0 Å². The summed E-state index contributed by atoms with van der Waals surface area (Å²) < 4.78 is 8.56. The van der Waals surface area contributed by atoms with E-state index < -0.39 is 0 Å². The van der Waals surface area contributed by atoms with Gasteiger partial charge in [0.2, 0.25) is 0 Å². The van der Waals surface area contributed by atoms with Gasteiger partial charge in [-0.15, -0.1) is 68.0 Å². The summed E-state index contributed by atoms with van der Waals surface area (Å²) in [7, 11) is 0. The van der Waals surface area contributed by atoms with E-state index in [1.54, 1.807) is 0 Å². The van der Waals surface area contributed by atoms with E-state index in [9.17, 15) is 0 Å². The number of hydrogen-bond donors (Lipinski definition) is 0. The largest absolute Gasteiger partial charge is 0.143 e. The fourth-order valence-electron chi connectivity index (χ4n) is 3.68. The van der Waals surface area contributed by atoms with Gasteiger partial charge in [0.25, 0.3) is 0 Å². The highest BCUT2D eigenvalue weighted by molar-refractivity contribution is 7.36. The summed E-state index contributed by atoms with van der Waals surface area (Å²) in [5.74, 6) is 0. The van der Waals surface area contributed by atoms with Crippen molar-refractivity contribution in [3.05, 3.63) is 59.3 Å². The third kappa shape index (κ3) is 2.30. The monoisotopic (exact) mass is 466 g/mol. The number of benzene rings is 1. The zero-order valence-corrected chi connectivity index (χ0v) is 19.1. The summed E-state index contributed by atoms with van der Waals surface area (Å²) >= 11 is 11.4. The molecule has 0 radical (unpaired) electrons. The Bertz CT molecular complexity index is 1480. The van der Waals surface area contributed by atoms with Crippen LogP contribution in [0.3, 0.4) is 0 Å². The van der Waals surface area contributed by atoms with Crippen LogP contribution in [-0.4, -0.2) is 0 Å². The van der Waals surface area contributed by atoms with Gasteiger partial charge in [0.1, 0.15) is 0 Å². The van der Waals surface area contributed by atoms with Gasteiger partial charge in [-0.25, -0.2) is 0 Å². The van der Waals surface area contributed by atoms with Gasteiger partial charge in [-0.05, 0) is 47.2 Å². The first-order valence-electron chi connectivity index (χ1n) is 8.73. The minimum atomic E-state index is 1.37. The molecule has 0 aliphatic rings. The van der Waals surface area contributed by atoms with Crippen molar-refractivity contribution >= 4 is 107 Å². The Labute approximate surface area is 184 Å². The predicted octanol–water partition coefficient (Wildman–Crippen LogP) is 10.0. The first-order chi connectivity index (χ1) is 13.8. The van der Waals surface area contributed by atoms with E-state index in [0.29, 0.717) is 0 Å². The van der Waals surface area contributed by atoms with Crippen molar-refractivity contribution in [3.63, 3.8) is 0 Å². The molecule has 0 saturated carbocycles. The number of hydrogen-bond acceptors (Lipinski definition) is 6. The molecule has 6 heteroatoms. The molecule has 0 saturated heterocycles. The van der Waals surface area contributed by atoms with Gasteiger partial charge in [-0.2, -0.15) is 0 Å². The molecular formula is C22H10S6. The molecule has 134 valence electrons. The zero-order valence-electron chi connectivity index (χ0n) is 14.2. The Morgan fingerprint density at radius 1 is 0.464 bits per heavy atom. The molecule has 6 heterocycles. The van der Waals surface area contributed by atoms with E-state index in [-0.39, 0.29) is 0 Å². The standard InChI is InChI=1S/C22H10S6/c1-3-13(23-5-1)17-9-19-21(27-17)11-7-12-16(8-15(11)25-19)26-20-10-18(28-22(12)20)14-4-2-6-24-14/h1-10H. The van der Waals surface area contributed by atoms with Gasteiger partial charge in [0, 0.05) is 49.1 Å². The van der Waals surface area contributed by atoms with Crippen LogP contribution in [0.2, 0.25) is 0 Å². The molecule has 0 aliphatic heterocycles. The van der Waals surface area contributed by atoms with Gasteiger partial charge in [-0.3, -0.25) is 0 Å². The number of fused-ring (bicyclic) bond motifs is 6. The molecule has 0 aliphatic carbocycles. The lowest BCUT2D eigenvalue weighted by atomic mass is 10.2. The normalized spacial score (nSPS) is 12.3. The Morgan fingerprint density at radius 2 is 1.00 bits per heavy atom. The number of thiophene rings is 6. The lowest BCUT2D eigenvalue weighted by molar-refractivity contribution is 1.97. The number of rotatable bonds is 2. The van der Waals surface area contributed by atoms with Crippen LogP contribution >= 0.6 is 68.0 Å². The summed E-state index contributed by atoms with van der Waals surface area (Å²) in [4.78, 5) is 5.54. The smallest absolute Gasteiger partial charge is 0.0536 e. The van der Waals surface area contributed by atoms with E-state index >= 15 is 0 Å². The van der Waals surface area contributed by atoms with Crippen LogP contribution in [0, 0.1) is 0 Å². The highest BCUT2D eigenvalue weighted by atomic mass is 32.1. The molecule has 7 rings (SSSR count). The van der Waals surface area contributed by atoms with Crippen LogP contribution in [0.5, 0.6) is 0 Å². The van der Waals surface area contributed by atoms with Crippen LogP contribution in [0.15, 0.2) is 59.3 Å². The van der Waals surface area contributed by atoms with Gasteiger partial charge in [0.05, 0.1) is 9.40 Å². The Hall–Kier alpha value is -1.54. The first-order valence-corrected chi connectivity index (χ1v) is 13.8. The Morgan fingerprint density at radius 3 is 1.46 bits per heavy atom. The maximum atomic E-state index is 2.45. The molecule has 0 N–H and O–H groups in total. The van der Waals surface area contributed by atoms with Crippen molar-refractivity contribution < 1.29 is 0 Å². The van der Waals surface area contributed by atoms with Gasteiger partial charge < -0.3 is 0 Å². The summed E-state index contributed by atoms with van der Waals surface area (Å²) in [6.45, 7) is 0. The minimum Gasteiger partial charge on any atom is -0.143 e. The molecule has 1 aromatic carbocycles. The quantitative estimate of drug-likeness (QED) is 0.238. The lowest BCUT2D eigenvalue weighted by Gasteiger charge is -1.94. The predicted molar refractivity (Wildman–Crippen MR) is 135 cm³/mol. The minimum absolute atomic E-state index is 1.37.